The van der Waals surface area contributed by atoms with Crippen LogP contribution >= 0.6 is 11.8 Å². The number of aromatic amines is 1. The summed E-state index contributed by atoms with van der Waals surface area (Å²) >= 11 is 1.29. The molecule has 0 fully saturated rings. The average molecular weight is 263 g/mol. The average Bonchev–Trinajstić information content (AvgIpc) is 2.90. The number of ether oxygens (including phenoxy) is 1. The second-order valence-corrected chi connectivity index (χ2v) is 4.55. The summed E-state index contributed by atoms with van der Waals surface area (Å²) in [7, 11) is 0. The van der Waals surface area contributed by atoms with Crippen LogP contribution in [0.5, 0.6) is 0 Å². The van der Waals surface area contributed by atoms with Crippen molar-refractivity contribution in [3.05, 3.63) is 42.2 Å². The lowest BCUT2D eigenvalue weighted by Gasteiger charge is -2.13. The summed E-state index contributed by atoms with van der Waals surface area (Å²) in [4.78, 5) is 16.0. The molecule has 0 spiro atoms. The Labute approximate surface area is 109 Å². The van der Waals surface area contributed by atoms with Crippen molar-refractivity contribution in [3.63, 3.8) is 0 Å². The van der Waals surface area contributed by atoms with E-state index < -0.39 is 5.25 Å². The molecule has 0 saturated carbocycles. The van der Waals surface area contributed by atoms with Gasteiger partial charge in [0.15, 0.2) is 5.16 Å². The Morgan fingerprint density at radius 2 is 2.22 bits per heavy atom. The van der Waals surface area contributed by atoms with Gasteiger partial charge in [0.2, 0.25) is 0 Å². The van der Waals surface area contributed by atoms with Gasteiger partial charge in [-0.05, 0) is 12.5 Å². The number of H-pyrrole nitrogens is 1. The van der Waals surface area contributed by atoms with Crippen LogP contribution in [0.3, 0.4) is 0 Å². The normalized spacial score (nSPS) is 12.1. The fourth-order valence-electron chi connectivity index (χ4n) is 1.46. The van der Waals surface area contributed by atoms with Crippen LogP contribution in [0.4, 0.5) is 0 Å². The van der Waals surface area contributed by atoms with Crippen molar-refractivity contribution < 1.29 is 9.53 Å². The summed E-state index contributed by atoms with van der Waals surface area (Å²) in [6, 6.07) is 9.48. The maximum atomic E-state index is 12.0. The second-order valence-electron chi connectivity index (χ2n) is 3.45. The quantitative estimate of drug-likeness (QED) is 0.661. The number of hydrogen-bond donors (Lipinski definition) is 1. The number of benzene rings is 1. The number of aromatic nitrogens is 3. The van der Waals surface area contributed by atoms with E-state index in [0.29, 0.717) is 11.8 Å². The Morgan fingerprint density at radius 1 is 1.44 bits per heavy atom. The molecule has 94 valence electrons. The van der Waals surface area contributed by atoms with Crippen LogP contribution in [0, 0.1) is 0 Å². The molecule has 0 bridgehead atoms. The van der Waals surface area contributed by atoms with Crippen molar-refractivity contribution in [2.24, 2.45) is 0 Å². The van der Waals surface area contributed by atoms with Gasteiger partial charge in [-0.15, -0.1) is 0 Å². The molecule has 0 radical (unpaired) electrons. The minimum absolute atomic E-state index is 0.273. The lowest BCUT2D eigenvalue weighted by molar-refractivity contribution is -0.142. The Balaban J connectivity index is 2.20. The lowest BCUT2D eigenvalue weighted by Crippen LogP contribution is -2.13. The van der Waals surface area contributed by atoms with Gasteiger partial charge in [0.1, 0.15) is 11.6 Å². The Hall–Kier alpha value is -1.82. The summed E-state index contributed by atoms with van der Waals surface area (Å²) in [5.41, 5.74) is 0.886. The summed E-state index contributed by atoms with van der Waals surface area (Å²) in [6.45, 7) is 2.15. The van der Waals surface area contributed by atoms with Gasteiger partial charge in [-0.1, -0.05) is 42.1 Å². The van der Waals surface area contributed by atoms with Crippen molar-refractivity contribution in [2.75, 3.05) is 6.61 Å². The molecule has 1 heterocycles. The van der Waals surface area contributed by atoms with Gasteiger partial charge in [-0.2, -0.15) is 5.10 Å². The third-order valence-corrected chi connectivity index (χ3v) is 3.35. The molecule has 2 rings (SSSR count). The molecule has 1 aromatic carbocycles. The highest BCUT2D eigenvalue weighted by Gasteiger charge is 2.24. The first-order chi connectivity index (χ1) is 8.81. The smallest absolute Gasteiger partial charge is 0.324 e. The van der Waals surface area contributed by atoms with E-state index in [9.17, 15) is 4.79 Å². The number of carbonyl (C=O) groups excluding carboxylic acids is 1. The molecule has 0 aliphatic rings. The van der Waals surface area contributed by atoms with Crippen LogP contribution in [0.15, 0.2) is 41.8 Å². The molecule has 0 saturated heterocycles. The van der Waals surface area contributed by atoms with Crippen LogP contribution in [0.1, 0.15) is 17.7 Å². The van der Waals surface area contributed by atoms with Gasteiger partial charge in [-0.25, -0.2) is 4.98 Å². The summed E-state index contributed by atoms with van der Waals surface area (Å²) < 4.78 is 5.09. The summed E-state index contributed by atoms with van der Waals surface area (Å²) in [5.74, 6) is -0.273. The molecule has 18 heavy (non-hydrogen) atoms. The second kappa shape index (κ2) is 6.20. The molecule has 0 unspecified atom stereocenters. The zero-order chi connectivity index (χ0) is 12.8. The molecule has 2 aromatic rings. The maximum absolute atomic E-state index is 12.0. The molecule has 1 aromatic heterocycles. The molecule has 1 N–H and O–H groups in total. The first kappa shape index (κ1) is 12.6. The van der Waals surface area contributed by atoms with Gasteiger partial charge in [0, 0.05) is 0 Å². The number of nitrogens with one attached hydrogen (secondary N) is 1. The van der Waals surface area contributed by atoms with E-state index in [1.807, 2.05) is 30.3 Å². The number of carbonyl (C=O) groups is 1. The Morgan fingerprint density at radius 3 is 2.83 bits per heavy atom. The fourth-order valence-corrected chi connectivity index (χ4v) is 2.35. The standard InChI is InChI=1S/C12H13N3O2S/c1-2-17-11(16)10(9-6-4-3-5-7-9)18-12-13-8-14-15-12/h3-8,10H,2H2,1H3,(H,13,14,15)/t10-/m0/s1. The molecule has 5 nitrogen and oxygen atoms in total. The van der Waals surface area contributed by atoms with Gasteiger partial charge < -0.3 is 4.74 Å². The Kier molecular flexibility index (Phi) is 4.35. The van der Waals surface area contributed by atoms with Gasteiger partial charge in [0.05, 0.1) is 6.61 Å². The first-order valence-electron chi connectivity index (χ1n) is 5.55. The molecule has 1 atom stereocenters. The van der Waals surface area contributed by atoms with Crippen LogP contribution in [-0.4, -0.2) is 27.8 Å². The third-order valence-electron chi connectivity index (χ3n) is 2.23. The third kappa shape index (κ3) is 3.10. The number of esters is 1. The van der Waals surface area contributed by atoms with E-state index in [1.165, 1.54) is 18.1 Å². The van der Waals surface area contributed by atoms with Crippen molar-refractivity contribution in [1.82, 2.24) is 15.2 Å². The number of thioether (sulfide) groups is 1. The first-order valence-corrected chi connectivity index (χ1v) is 6.43. The van der Waals surface area contributed by atoms with Crippen LogP contribution in [-0.2, 0) is 9.53 Å². The van der Waals surface area contributed by atoms with Gasteiger partial charge >= 0.3 is 5.97 Å². The highest BCUT2D eigenvalue weighted by molar-refractivity contribution is 8.00. The molecule has 0 aliphatic heterocycles. The van der Waals surface area contributed by atoms with Crippen molar-refractivity contribution in [3.8, 4) is 0 Å². The van der Waals surface area contributed by atoms with E-state index in [0.717, 1.165) is 5.56 Å². The summed E-state index contributed by atoms with van der Waals surface area (Å²) in [6.07, 6.45) is 1.41. The number of nitrogens with zero attached hydrogens (tertiary/aromatic N) is 2. The minimum atomic E-state index is -0.431. The van der Waals surface area contributed by atoms with Crippen molar-refractivity contribution in [2.45, 2.75) is 17.3 Å². The molecule has 0 amide bonds. The summed E-state index contributed by atoms with van der Waals surface area (Å²) in [5, 5.41) is 6.66. The SMILES string of the molecule is CCOC(=O)[C@@H](Sc1ncn[nH]1)c1ccccc1. The fraction of sp³-hybridized carbons (Fsp3) is 0.250. The van der Waals surface area contributed by atoms with E-state index in [4.69, 9.17) is 4.74 Å². The maximum Gasteiger partial charge on any atom is 0.324 e. The minimum Gasteiger partial charge on any atom is -0.465 e. The van der Waals surface area contributed by atoms with Gasteiger partial charge in [0.25, 0.3) is 0 Å². The van der Waals surface area contributed by atoms with E-state index >= 15 is 0 Å². The van der Waals surface area contributed by atoms with Gasteiger partial charge in [-0.3, -0.25) is 9.89 Å². The van der Waals surface area contributed by atoms with Crippen molar-refractivity contribution >= 4 is 17.7 Å². The van der Waals surface area contributed by atoms with E-state index in [1.54, 1.807) is 6.92 Å². The largest absolute Gasteiger partial charge is 0.465 e. The molecule has 0 aliphatic carbocycles. The van der Waals surface area contributed by atoms with Crippen molar-refractivity contribution in [1.29, 1.82) is 0 Å². The predicted molar refractivity (Wildman–Crippen MR) is 68.1 cm³/mol. The van der Waals surface area contributed by atoms with Crippen LogP contribution in [0.25, 0.3) is 0 Å². The van der Waals surface area contributed by atoms with Crippen LogP contribution in [0.2, 0.25) is 0 Å². The highest BCUT2D eigenvalue weighted by Crippen LogP contribution is 2.33. The number of rotatable bonds is 5. The predicted octanol–water partition coefficient (Wildman–Crippen LogP) is 2.20. The topological polar surface area (TPSA) is 67.9 Å². The molecule has 6 heteroatoms. The molecular formula is C12H13N3O2S. The van der Waals surface area contributed by atoms with E-state index in [-0.39, 0.29) is 5.97 Å². The Bertz CT molecular complexity index is 487. The van der Waals surface area contributed by atoms with Crippen LogP contribution < -0.4 is 0 Å². The number of hydrogen-bond acceptors (Lipinski definition) is 5. The molecular weight excluding hydrogens is 250 g/mol. The zero-order valence-corrected chi connectivity index (χ0v) is 10.7. The lowest BCUT2D eigenvalue weighted by atomic mass is 10.1. The monoisotopic (exact) mass is 263 g/mol. The van der Waals surface area contributed by atoms with E-state index in [2.05, 4.69) is 15.2 Å². The zero-order valence-electron chi connectivity index (χ0n) is 9.87. The highest BCUT2D eigenvalue weighted by atomic mass is 32.2.